The molecule has 2 aliphatic heterocycles. The van der Waals surface area contributed by atoms with Crippen LogP contribution in [0.4, 0.5) is 11.4 Å². The summed E-state index contributed by atoms with van der Waals surface area (Å²) in [6.45, 7) is 4.70. The van der Waals surface area contributed by atoms with Crippen LogP contribution in [0.5, 0.6) is 5.75 Å². The average Bonchev–Trinajstić information content (AvgIpc) is 3.30. The highest BCUT2D eigenvalue weighted by atomic mass is 16.6. The third-order valence-electron chi connectivity index (χ3n) is 5.03. The number of ether oxygens (including phenoxy) is 2. The van der Waals surface area contributed by atoms with Gasteiger partial charge in [0.25, 0.3) is 5.69 Å². The highest BCUT2D eigenvalue weighted by Crippen LogP contribution is 2.50. The van der Waals surface area contributed by atoms with Crippen LogP contribution in [0, 0.1) is 16.0 Å². The third-order valence-corrected chi connectivity index (χ3v) is 5.03. The molecule has 4 rings (SSSR count). The zero-order chi connectivity index (χ0) is 15.3. The minimum Gasteiger partial charge on any atom is -0.487 e. The van der Waals surface area contributed by atoms with Gasteiger partial charge in [-0.05, 0) is 25.7 Å². The number of hydrogen-bond donors (Lipinski definition) is 0. The lowest BCUT2D eigenvalue weighted by atomic mass is 9.94. The number of nitrogens with zero attached hydrogens (tertiary/aromatic N) is 2. The molecule has 0 spiro atoms. The molecule has 2 heterocycles. The quantitative estimate of drug-likeness (QED) is 0.634. The van der Waals surface area contributed by atoms with Gasteiger partial charge in [-0.3, -0.25) is 10.1 Å². The molecule has 1 aromatic carbocycles. The predicted molar refractivity (Wildman–Crippen MR) is 81.6 cm³/mol. The number of anilines is 1. The first-order valence-electron chi connectivity index (χ1n) is 7.90. The molecule has 2 fully saturated rings. The van der Waals surface area contributed by atoms with Crippen molar-refractivity contribution < 1.29 is 14.4 Å². The third kappa shape index (κ3) is 2.22. The SMILES string of the molecule is CC1(C2CC2)Cc2cc([N+](=O)[O-])c(N3CCOCC3)cc2O1. The van der Waals surface area contributed by atoms with Crippen LogP contribution in [0.3, 0.4) is 0 Å². The molecule has 0 amide bonds. The van der Waals surface area contributed by atoms with E-state index in [4.69, 9.17) is 9.47 Å². The molecule has 1 aliphatic carbocycles. The van der Waals surface area contributed by atoms with E-state index >= 15 is 0 Å². The Balaban J connectivity index is 1.71. The van der Waals surface area contributed by atoms with Gasteiger partial charge < -0.3 is 14.4 Å². The van der Waals surface area contributed by atoms with E-state index in [1.165, 1.54) is 12.8 Å². The van der Waals surface area contributed by atoms with E-state index in [0.717, 1.165) is 17.7 Å². The molecule has 0 aromatic heterocycles. The van der Waals surface area contributed by atoms with Gasteiger partial charge in [-0.25, -0.2) is 0 Å². The van der Waals surface area contributed by atoms with Crippen molar-refractivity contribution in [3.63, 3.8) is 0 Å². The standard InChI is InChI=1S/C16H20N2O4/c1-16(12-2-3-12)10-11-8-14(18(19)20)13(9-15(11)22-16)17-4-6-21-7-5-17/h8-9,12H,2-7,10H2,1H3. The summed E-state index contributed by atoms with van der Waals surface area (Å²) < 4.78 is 11.5. The van der Waals surface area contributed by atoms with Crippen molar-refractivity contribution in [1.82, 2.24) is 0 Å². The number of nitro benzene ring substituents is 1. The molecular formula is C16H20N2O4. The van der Waals surface area contributed by atoms with Crippen LogP contribution in [-0.4, -0.2) is 36.8 Å². The number of rotatable bonds is 3. The van der Waals surface area contributed by atoms with Crippen molar-refractivity contribution in [3.8, 4) is 5.75 Å². The van der Waals surface area contributed by atoms with E-state index in [1.54, 1.807) is 6.07 Å². The Labute approximate surface area is 129 Å². The Kier molecular flexibility index (Phi) is 3.04. The highest BCUT2D eigenvalue weighted by molar-refractivity contribution is 5.69. The van der Waals surface area contributed by atoms with E-state index in [1.807, 2.05) is 11.0 Å². The molecule has 118 valence electrons. The lowest BCUT2D eigenvalue weighted by Crippen LogP contribution is -2.36. The summed E-state index contributed by atoms with van der Waals surface area (Å²) in [5.41, 5.74) is 1.63. The number of fused-ring (bicyclic) bond motifs is 1. The number of benzene rings is 1. The molecule has 0 bridgehead atoms. The molecule has 1 aromatic rings. The zero-order valence-corrected chi connectivity index (χ0v) is 12.7. The summed E-state index contributed by atoms with van der Waals surface area (Å²) in [4.78, 5) is 13.2. The van der Waals surface area contributed by atoms with Crippen LogP contribution in [0.25, 0.3) is 0 Å². The van der Waals surface area contributed by atoms with Crippen LogP contribution in [0.15, 0.2) is 12.1 Å². The van der Waals surface area contributed by atoms with Gasteiger partial charge in [0, 0.05) is 37.2 Å². The molecule has 22 heavy (non-hydrogen) atoms. The lowest BCUT2D eigenvalue weighted by Gasteiger charge is -2.28. The monoisotopic (exact) mass is 304 g/mol. The fourth-order valence-electron chi connectivity index (χ4n) is 3.62. The summed E-state index contributed by atoms with van der Waals surface area (Å²) in [5.74, 6) is 1.41. The summed E-state index contributed by atoms with van der Waals surface area (Å²) in [5, 5.41) is 11.5. The topological polar surface area (TPSA) is 64.8 Å². The van der Waals surface area contributed by atoms with Crippen molar-refractivity contribution in [2.45, 2.75) is 31.8 Å². The predicted octanol–water partition coefficient (Wildman–Crippen LogP) is 2.54. The minimum absolute atomic E-state index is 0.181. The average molecular weight is 304 g/mol. The Morgan fingerprint density at radius 2 is 2.05 bits per heavy atom. The van der Waals surface area contributed by atoms with Gasteiger partial charge in [0.1, 0.15) is 17.0 Å². The van der Waals surface area contributed by atoms with E-state index in [-0.39, 0.29) is 16.2 Å². The molecule has 1 saturated heterocycles. The number of hydrogen-bond acceptors (Lipinski definition) is 5. The van der Waals surface area contributed by atoms with Gasteiger partial charge >= 0.3 is 0 Å². The summed E-state index contributed by atoms with van der Waals surface area (Å²) >= 11 is 0. The second-order valence-electron chi connectivity index (χ2n) is 6.67. The van der Waals surface area contributed by atoms with Gasteiger partial charge in [0.2, 0.25) is 0 Å². The van der Waals surface area contributed by atoms with Gasteiger partial charge in [0.15, 0.2) is 0 Å². The number of morpholine rings is 1. The molecule has 6 heteroatoms. The van der Waals surface area contributed by atoms with Crippen LogP contribution >= 0.6 is 0 Å². The fourth-order valence-corrected chi connectivity index (χ4v) is 3.62. The maximum absolute atomic E-state index is 11.5. The van der Waals surface area contributed by atoms with Crippen molar-refractivity contribution in [2.24, 2.45) is 5.92 Å². The van der Waals surface area contributed by atoms with Crippen LogP contribution in [-0.2, 0) is 11.2 Å². The molecule has 0 N–H and O–H groups in total. The van der Waals surface area contributed by atoms with Crippen molar-refractivity contribution >= 4 is 11.4 Å². The maximum Gasteiger partial charge on any atom is 0.293 e. The molecule has 1 unspecified atom stereocenters. The second-order valence-corrected chi connectivity index (χ2v) is 6.67. The molecule has 6 nitrogen and oxygen atoms in total. The van der Waals surface area contributed by atoms with Gasteiger partial charge in [0.05, 0.1) is 18.1 Å². The van der Waals surface area contributed by atoms with Crippen LogP contribution < -0.4 is 9.64 Å². The van der Waals surface area contributed by atoms with E-state index in [0.29, 0.717) is 37.9 Å². The Bertz CT molecular complexity index is 623. The number of nitro groups is 1. The molecule has 3 aliphatic rings. The largest absolute Gasteiger partial charge is 0.487 e. The van der Waals surface area contributed by atoms with Crippen molar-refractivity contribution in [3.05, 3.63) is 27.8 Å². The fraction of sp³-hybridized carbons (Fsp3) is 0.625. The Morgan fingerprint density at radius 1 is 1.32 bits per heavy atom. The van der Waals surface area contributed by atoms with E-state index < -0.39 is 0 Å². The molecule has 0 radical (unpaired) electrons. The van der Waals surface area contributed by atoms with E-state index in [2.05, 4.69) is 6.92 Å². The Hall–Kier alpha value is -1.82. The first-order chi connectivity index (χ1) is 10.6. The van der Waals surface area contributed by atoms with E-state index in [9.17, 15) is 10.1 Å². The smallest absolute Gasteiger partial charge is 0.293 e. The second kappa shape index (κ2) is 4.84. The summed E-state index contributed by atoms with van der Waals surface area (Å²) in [6, 6.07) is 3.58. The normalized spacial score (nSPS) is 27.4. The van der Waals surface area contributed by atoms with Crippen LogP contribution in [0.1, 0.15) is 25.3 Å². The highest BCUT2D eigenvalue weighted by Gasteiger charge is 2.48. The first kappa shape index (κ1) is 13.8. The maximum atomic E-state index is 11.5. The zero-order valence-electron chi connectivity index (χ0n) is 12.7. The van der Waals surface area contributed by atoms with Gasteiger partial charge in [-0.2, -0.15) is 0 Å². The Morgan fingerprint density at radius 3 is 2.68 bits per heavy atom. The summed E-state index contributed by atoms with van der Waals surface area (Å²) in [6.07, 6.45) is 3.17. The molecular weight excluding hydrogens is 284 g/mol. The van der Waals surface area contributed by atoms with Gasteiger partial charge in [-0.1, -0.05) is 0 Å². The molecule has 1 atom stereocenters. The van der Waals surface area contributed by atoms with Crippen molar-refractivity contribution in [1.29, 1.82) is 0 Å². The van der Waals surface area contributed by atoms with Crippen molar-refractivity contribution in [2.75, 3.05) is 31.2 Å². The first-order valence-corrected chi connectivity index (χ1v) is 7.90. The summed E-state index contributed by atoms with van der Waals surface area (Å²) in [7, 11) is 0. The minimum atomic E-state index is -0.280. The van der Waals surface area contributed by atoms with Gasteiger partial charge in [-0.15, -0.1) is 0 Å². The molecule has 1 saturated carbocycles. The lowest BCUT2D eigenvalue weighted by molar-refractivity contribution is -0.384. The van der Waals surface area contributed by atoms with Crippen LogP contribution in [0.2, 0.25) is 0 Å².